The van der Waals surface area contributed by atoms with E-state index in [-0.39, 0.29) is 18.4 Å². The summed E-state index contributed by atoms with van der Waals surface area (Å²) >= 11 is 6.09. The zero-order valence-corrected chi connectivity index (χ0v) is 19.6. The number of rotatable bonds is 9. The van der Waals surface area contributed by atoms with Gasteiger partial charge < -0.3 is 20.1 Å². The molecule has 3 rings (SSSR count). The summed E-state index contributed by atoms with van der Waals surface area (Å²) in [5.74, 6) is 0.844. The summed E-state index contributed by atoms with van der Waals surface area (Å²) in [5, 5.41) is 5.90. The Bertz CT molecular complexity index is 1120. The van der Waals surface area contributed by atoms with Gasteiger partial charge in [0.25, 0.3) is 11.8 Å². The minimum Gasteiger partial charge on any atom is -0.494 e. The van der Waals surface area contributed by atoms with Crippen LogP contribution in [0, 0.1) is 0 Å². The number of anilines is 2. The van der Waals surface area contributed by atoms with Crippen LogP contribution in [0.2, 0.25) is 5.02 Å². The van der Waals surface area contributed by atoms with E-state index in [9.17, 15) is 9.59 Å². The lowest BCUT2D eigenvalue weighted by molar-refractivity contribution is -0.118. The van der Waals surface area contributed by atoms with Gasteiger partial charge in [0.1, 0.15) is 11.5 Å². The molecule has 0 saturated carbocycles. The molecule has 2 N–H and O–H groups in total. The largest absolute Gasteiger partial charge is 0.494 e. The maximum Gasteiger partial charge on any atom is 0.262 e. The SMILES string of the molecule is CC[C@@H](C)c1ccc(OCC(=O)Nc2ccc(NC(=O)c3ccccc3Cl)c(OC)c2)cc1. The molecule has 0 unspecified atom stereocenters. The quantitative estimate of drug-likeness (QED) is 0.397. The fourth-order valence-corrected chi connectivity index (χ4v) is 3.40. The maximum atomic E-state index is 12.5. The third-order valence-electron chi connectivity index (χ3n) is 5.28. The fourth-order valence-electron chi connectivity index (χ4n) is 3.18. The van der Waals surface area contributed by atoms with Crippen molar-refractivity contribution in [3.63, 3.8) is 0 Å². The van der Waals surface area contributed by atoms with Gasteiger partial charge in [0, 0.05) is 11.8 Å². The van der Waals surface area contributed by atoms with Crippen molar-refractivity contribution in [3.05, 3.63) is 82.9 Å². The van der Waals surface area contributed by atoms with E-state index in [2.05, 4.69) is 24.5 Å². The Kier molecular flexibility index (Phi) is 8.33. The fraction of sp³-hybridized carbons (Fsp3) is 0.231. The molecule has 0 radical (unpaired) electrons. The van der Waals surface area contributed by atoms with Crippen LogP contribution >= 0.6 is 11.6 Å². The molecule has 3 aromatic carbocycles. The van der Waals surface area contributed by atoms with Crippen molar-refractivity contribution in [1.82, 2.24) is 0 Å². The number of methoxy groups -OCH3 is 1. The van der Waals surface area contributed by atoms with E-state index in [1.54, 1.807) is 42.5 Å². The third-order valence-corrected chi connectivity index (χ3v) is 5.61. The summed E-state index contributed by atoms with van der Waals surface area (Å²) in [7, 11) is 1.48. The number of carbonyl (C=O) groups excluding carboxylic acids is 2. The van der Waals surface area contributed by atoms with Crippen LogP contribution in [0.4, 0.5) is 11.4 Å². The first-order valence-electron chi connectivity index (χ1n) is 10.7. The summed E-state index contributed by atoms with van der Waals surface area (Å²) in [6, 6.07) is 19.5. The van der Waals surface area contributed by atoms with Crippen LogP contribution in [0.25, 0.3) is 0 Å². The summed E-state index contributed by atoms with van der Waals surface area (Å²) < 4.78 is 11.0. The molecule has 6 nitrogen and oxygen atoms in total. The van der Waals surface area contributed by atoms with Gasteiger partial charge in [-0.05, 0) is 54.3 Å². The Morgan fingerprint density at radius 1 is 1.00 bits per heavy atom. The highest BCUT2D eigenvalue weighted by Gasteiger charge is 2.14. The van der Waals surface area contributed by atoms with E-state index in [1.807, 2.05) is 24.3 Å². The number of halogens is 1. The van der Waals surface area contributed by atoms with Gasteiger partial charge in [0.05, 0.1) is 23.4 Å². The van der Waals surface area contributed by atoms with E-state index in [4.69, 9.17) is 21.1 Å². The zero-order chi connectivity index (χ0) is 23.8. The summed E-state index contributed by atoms with van der Waals surface area (Å²) in [5.41, 5.74) is 2.57. The number of hydrogen-bond acceptors (Lipinski definition) is 4. The van der Waals surface area contributed by atoms with E-state index >= 15 is 0 Å². The average molecular weight is 467 g/mol. The minimum atomic E-state index is -0.358. The monoisotopic (exact) mass is 466 g/mol. The molecule has 7 heteroatoms. The van der Waals surface area contributed by atoms with Crippen molar-refractivity contribution in [2.24, 2.45) is 0 Å². The molecule has 1 atom stereocenters. The van der Waals surface area contributed by atoms with Crippen molar-refractivity contribution in [1.29, 1.82) is 0 Å². The standard InChI is InChI=1S/C26H27ClN2O4/c1-4-17(2)18-9-12-20(13-10-18)33-16-25(30)28-19-11-14-23(24(15-19)32-3)29-26(31)21-7-5-6-8-22(21)27/h5-15,17H,4,16H2,1-3H3,(H,28,30)(H,29,31)/t17-/m1/s1. The van der Waals surface area contributed by atoms with Crippen molar-refractivity contribution in [2.45, 2.75) is 26.2 Å². The van der Waals surface area contributed by atoms with Crippen LogP contribution < -0.4 is 20.1 Å². The third kappa shape index (κ3) is 6.49. The van der Waals surface area contributed by atoms with Crippen LogP contribution in [-0.2, 0) is 4.79 Å². The second kappa shape index (κ2) is 11.4. The van der Waals surface area contributed by atoms with E-state index < -0.39 is 0 Å². The molecule has 0 aliphatic carbocycles. The lowest BCUT2D eigenvalue weighted by atomic mass is 9.99. The van der Waals surface area contributed by atoms with Gasteiger partial charge in [0.15, 0.2) is 6.61 Å². The van der Waals surface area contributed by atoms with Crippen molar-refractivity contribution >= 4 is 34.8 Å². The van der Waals surface area contributed by atoms with Crippen LogP contribution in [0.5, 0.6) is 11.5 Å². The van der Waals surface area contributed by atoms with Gasteiger partial charge >= 0.3 is 0 Å². The summed E-state index contributed by atoms with van der Waals surface area (Å²) in [4.78, 5) is 24.9. The second-order valence-electron chi connectivity index (χ2n) is 7.56. The number of ether oxygens (including phenoxy) is 2. The molecule has 0 saturated heterocycles. The second-order valence-corrected chi connectivity index (χ2v) is 7.97. The van der Waals surface area contributed by atoms with E-state index in [1.165, 1.54) is 12.7 Å². The molecule has 0 aliphatic rings. The lowest BCUT2D eigenvalue weighted by Crippen LogP contribution is -2.20. The predicted molar refractivity (Wildman–Crippen MR) is 132 cm³/mol. The van der Waals surface area contributed by atoms with Crippen molar-refractivity contribution < 1.29 is 19.1 Å². The molecular weight excluding hydrogens is 440 g/mol. The number of amides is 2. The number of hydrogen-bond donors (Lipinski definition) is 2. The highest BCUT2D eigenvalue weighted by atomic mass is 35.5. The first-order chi connectivity index (χ1) is 15.9. The van der Waals surface area contributed by atoms with Gasteiger partial charge in [-0.1, -0.05) is 49.7 Å². The van der Waals surface area contributed by atoms with Gasteiger partial charge in [-0.25, -0.2) is 0 Å². The Morgan fingerprint density at radius 2 is 1.73 bits per heavy atom. The minimum absolute atomic E-state index is 0.129. The highest BCUT2D eigenvalue weighted by molar-refractivity contribution is 6.34. The Morgan fingerprint density at radius 3 is 2.39 bits per heavy atom. The smallest absolute Gasteiger partial charge is 0.262 e. The number of benzene rings is 3. The molecule has 0 aromatic heterocycles. The van der Waals surface area contributed by atoms with Crippen LogP contribution in [0.15, 0.2) is 66.7 Å². The molecule has 172 valence electrons. The Hall–Kier alpha value is -3.51. The molecule has 2 amide bonds. The predicted octanol–water partition coefficient (Wildman–Crippen LogP) is 6.13. The van der Waals surface area contributed by atoms with Crippen LogP contribution in [0.3, 0.4) is 0 Å². The molecule has 0 heterocycles. The van der Waals surface area contributed by atoms with Gasteiger partial charge in [-0.15, -0.1) is 0 Å². The molecular formula is C26H27ClN2O4. The van der Waals surface area contributed by atoms with Gasteiger partial charge in [-0.3, -0.25) is 9.59 Å². The van der Waals surface area contributed by atoms with E-state index in [0.29, 0.717) is 39.4 Å². The number of nitrogens with one attached hydrogen (secondary N) is 2. The highest BCUT2D eigenvalue weighted by Crippen LogP contribution is 2.29. The molecule has 0 bridgehead atoms. The summed E-state index contributed by atoms with van der Waals surface area (Å²) in [6.07, 6.45) is 1.06. The molecule has 0 aliphatic heterocycles. The Balaban J connectivity index is 1.59. The molecule has 3 aromatic rings. The van der Waals surface area contributed by atoms with Crippen molar-refractivity contribution in [3.8, 4) is 11.5 Å². The lowest BCUT2D eigenvalue weighted by Gasteiger charge is -2.14. The summed E-state index contributed by atoms with van der Waals surface area (Å²) in [6.45, 7) is 4.19. The van der Waals surface area contributed by atoms with Gasteiger partial charge in [-0.2, -0.15) is 0 Å². The van der Waals surface area contributed by atoms with E-state index in [0.717, 1.165) is 6.42 Å². The van der Waals surface area contributed by atoms with Gasteiger partial charge in [0.2, 0.25) is 0 Å². The van der Waals surface area contributed by atoms with Crippen LogP contribution in [0.1, 0.15) is 42.1 Å². The topological polar surface area (TPSA) is 76.7 Å². The Labute approximate surface area is 198 Å². The van der Waals surface area contributed by atoms with Crippen molar-refractivity contribution in [2.75, 3.05) is 24.4 Å². The van der Waals surface area contributed by atoms with Crippen LogP contribution in [-0.4, -0.2) is 25.5 Å². The molecule has 33 heavy (non-hydrogen) atoms. The normalized spacial score (nSPS) is 11.4. The first kappa shape index (κ1) is 24.1. The number of carbonyl (C=O) groups is 2. The molecule has 0 fully saturated rings. The molecule has 0 spiro atoms. The first-order valence-corrected chi connectivity index (χ1v) is 11.1. The zero-order valence-electron chi connectivity index (χ0n) is 18.9. The average Bonchev–Trinajstić information content (AvgIpc) is 2.83. The maximum absolute atomic E-state index is 12.5.